The van der Waals surface area contributed by atoms with Gasteiger partial charge in [0.05, 0.1) is 15.8 Å². The molecule has 0 aliphatic carbocycles. The van der Waals surface area contributed by atoms with Gasteiger partial charge in [-0.3, -0.25) is 14.4 Å². The van der Waals surface area contributed by atoms with Crippen LogP contribution in [-0.2, 0) is 9.59 Å². The third-order valence-corrected chi connectivity index (χ3v) is 5.53. The van der Waals surface area contributed by atoms with Crippen LogP contribution in [0.2, 0.25) is 4.34 Å². The number of thiophene rings is 1. The highest BCUT2D eigenvalue weighted by Crippen LogP contribution is 2.27. The Hall–Kier alpha value is -2.38. The molecule has 0 saturated carbocycles. The molecule has 142 valence electrons. The van der Waals surface area contributed by atoms with Gasteiger partial charge in [0.25, 0.3) is 5.91 Å². The highest BCUT2D eigenvalue weighted by molar-refractivity contribution is 7.18. The van der Waals surface area contributed by atoms with Gasteiger partial charge in [-0.2, -0.15) is 0 Å². The number of hydrogen-bond donors (Lipinski definition) is 2. The molecular formula is C19H20ClN3O3S. The maximum atomic E-state index is 12.1. The summed E-state index contributed by atoms with van der Waals surface area (Å²) < 4.78 is 0.521. The second-order valence-corrected chi connectivity index (χ2v) is 8.05. The van der Waals surface area contributed by atoms with E-state index in [-0.39, 0.29) is 24.3 Å². The lowest BCUT2D eigenvalue weighted by atomic mass is 10.1. The summed E-state index contributed by atoms with van der Waals surface area (Å²) in [4.78, 5) is 38.4. The molecule has 1 aliphatic rings. The molecule has 0 bridgehead atoms. The molecular weight excluding hydrogens is 386 g/mol. The van der Waals surface area contributed by atoms with E-state index in [1.54, 1.807) is 23.1 Å². The summed E-state index contributed by atoms with van der Waals surface area (Å²) in [5.74, 6) is -0.526. The predicted octanol–water partition coefficient (Wildman–Crippen LogP) is 3.60. The molecule has 8 heteroatoms. The standard InChI is InChI=1S/C19H20ClN3O3S/c1-12-10-13(5-6-14(12)23-9-3-2-4-18(23)25)22-17(24)11-21-19(26)15-7-8-16(20)27-15/h5-8,10H,2-4,9,11H2,1H3,(H,21,26)(H,22,24). The Kier molecular flexibility index (Phi) is 6.13. The van der Waals surface area contributed by atoms with Crippen LogP contribution in [0.5, 0.6) is 0 Å². The van der Waals surface area contributed by atoms with E-state index in [4.69, 9.17) is 11.6 Å². The fourth-order valence-corrected chi connectivity index (χ4v) is 3.95. The number of hydrogen-bond acceptors (Lipinski definition) is 4. The lowest BCUT2D eigenvalue weighted by Gasteiger charge is -2.28. The minimum Gasteiger partial charge on any atom is -0.342 e. The fraction of sp³-hybridized carbons (Fsp3) is 0.316. The van der Waals surface area contributed by atoms with Crippen LogP contribution in [0.25, 0.3) is 0 Å². The Morgan fingerprint density at radius 3 is 2.70 bits per heavy atom. The number of rotatable bonds is 5. The third kappa shape index (κ3) is 4.87. The van der Waals surface area contributed by atoms with Crippen LogP contribution >= 0.6 is 22.9 Å². The minimum absolute atomic E-state index is 0.137. The van der Waals surface area contributed by atoms with E-state index in [1.807, 2.05) is 19.1 Å². The summed E-state index contributed by atoms with van der Waals surface area (Å²) in [6.07, 6.45) is 2.51. The van der Waals surface area contributed by atoms with Gasteiger partial charge in [-0.1, -0.05) is 11.6 Å². The Balaban J connectivity index is 1.57. The van der Waals surface area contributed by atoms with Crippen molar-refractivity contribution in [2.75, 3.05) is 23.3 Å². The number of piperidine rings is 1. The van der Waals surface area contributed by atoms with Gasteiger partial charge >= 0.3 is 0 Å². The lowest BCUT2D eigenvalue weighted by molar-refractivity contribution is -0.119. The van der Waals surface area contributed by atoms with Crippen molar-refractivity contribution < 1.29 is 14.4 Å². The SMILES string of the molecule is Cc1cc(NC(=O)CNC(=O)c2ccc(Cl)s2)ccc1N1CCCCC1=O. The van der Waals surface area contributed by atoms with Crippen molar-refractivity contribution in [1.82, 2.24) is 5.32 Å². The maximum absolute atomic E-state index is 12.1. The van der Waals surface area contributed by atoms with Gasteiger partial charge in [-0.25, -0.2) is 0 Å². The molecule has 1 aromatic carbocycles. The number of amides is 3. The van der Waals surface area contributed by atoms with Crippen molar-refractivity contribution in [3.05, 3.63) is 45.1 Å². The van der Waals surface area contributed by atoms with Gasteiger partial charge in [0.1, 0.15) is 0 Å². The van der Waals surface area contributed by atoms with Crippen molar-refractivity contribution in [3.63, 3.8) is 0 Å². The molecule has 1 fully saturated rings. The summed E-state index contributed by atoms with van der Waals surface area (Å²) in [5.41, 5.74) is 2.42. The monoisotopic (exact) mass is 405 g/mol. The Morgan fingerprint density at radius 2 is 2.04 bits per heavy atom. The zero-order valence-corrected chi connectivity index (χ0v) is 16.5. The van der Waals surface area contributed by atoms with E-state index in [1.165, 1.54) is 0 Å². The normalized spacial score (nSPS) is 14.1. The number of benzene rings is 1. The largest absolute Gasteiger partial charge is 0.342 e. The van der Waals surface area contributed by atoms with E-state index in [9.17, 15) is 14.4 Å². The molecule has 1 saturated heterocycles. The first-order chi connectivity index (χ1) is 12.9. The highest BCUT2D eigenvalue weighted by Gasteiger charge is 2.21. The summed E-state index contributed by atoms with van der Waals surface area (Å²) in [6.45, 7) is 2.50. The Labute approximate surface area is 166 Å². The van der Waals surface area contributed by atoms with Crippen molar-refractivity contribution in [2.24, 2.45) is 0 Å². The van der Waals surface area contributed by atoms with Gasteiger partial charge in [0.15, 0.2) is 0 Å². The number of carbonyl (C=O) groups is 3. The average Bonchev–Trinajstić information content (AvgIpc) is 3.07. The summed E-state index contributed by atoms with van der Waals surface area (Å²) >= 11 is 6.96. The summed E-state index contributed by atoms with van der Waals surface area (Å²) in [6, 6.07) is 8.70. The van der Waals surface area contributed by atoms with Gasteiger partial charge in [0, 0.05) is 24.3 Å². The first kappa shape index (κ1) is 19.4. The molecule has 1 aromatic heterocycles. The molecule has 0 radical (unpaired) electrons. The third-order valence-electron chi connectivity index (χ3n) is 4.30. The van der Waals surface area contributed by atoms with Crippen LogP contribution in [-0.4, -0.2) is 30.8 Å². The number of aryl methyl sites for hydroxylation is 1. The van der Waals surface area contributed by atoms with Gasteiger partial charge in [-0.15, -0.1) is 11.3 Å². The zero-order valence-electron chi connectivity index (χ0n) is 14.9. The van der Waals surface area contributed by atoms with Crippen molar-refractivity contribution in [2.45, 2.75) is 26.2 Å². The smallest absolute Gasteiger partial charge is 0.261 e. The van der Waals surface area contributed by atoms with E-state index in [0.717, 1.165) is 42.0 Å². The summed E-state index contributed by atoms with van der Waals surface area (Å²) in [7, 11) is 0. The second-order valence-electron chi connectivity index (χ2n) is 6.34. The van der Waals surface area contributed by atoms with Crippen LogP contribution in [0.3, 0.4) is 0 Å². The minimum atomic E-state index is -0.336. The lowest BCUT2D eigenvalue weighted by Crippen LogP contribution is -2.35. The number of halogens is 1. The predicted molar refractivity (Wildman–Crippen MR) is 108 cm³/mol. The molecule has 2 N–H and O–H groups in total. The van der Waals surface area contributed by atoms with E-state index in [0.29, 0.717) is 21.3 Å². The second kappa shape index (κ2) is 8.54. The fourth-order valence-electron chi connectivity index (χ4n) is 2.99. The number of carbonyl (C=O) groups excluding carboxylic acids is 3. The van der Waals surface area contributed by atoms with Crippen LogP contribution in [0.1, 0.15) is 34.5 Å². The molecule has 0 unspecified atom stereocenters. The van der Waals surface area contributed by atoms with E-state index < -0.39 is 0 Å². The quantitative estimate of drug-likeness (QED) is 0.797. The average molecular weight is 406 g/mol. The summed E-state index contributed by atoms with van der Waals surface area (Å²) in [5, 5.41) is 5.32. The van der Waals surface area contributed by atoms with Crippen LogP contribution in [0.15, 0.2) is 30.3 Å². The molecule has 0 atom stereocenters. The number of nitrogens with one attached hydrogen (secondary N) is 2. The molecule has 27 heavy (non-hydrogen) atoms. The Morgan fingerprint density at radius 1 is 1.22 bits per heavy atom. The zero-order chi connectivity index (χ0) is 19.4. The van der Waals surface area contributed by atoms with E-state index in [2.05, 4.69) is 10.6 Å². The van der Waals surface area contributed by atoms with Gasteiger partial charge in [-0.05, 0) is 55.7 Å². The van der Waals surface area contributed by atoms with Crippen LogP contribution in [0.4, 0.5) is 11.4 Å². The highest BCUT2D eigenvalue weighted by atomic mass is 35.5. The van der Waals surface area contributed by atoms with Gasteiger partial charge < -0.3 is 15.5 Å². The molecule has 3 rings (SSSR count). The number of anilines is 2. The van der Waals surface area contributed by atoms with Crippen LogP contribution < -0.4 is 15.5 Å². The molecule has 6 nitrogen and oxygen atoms in total. The van der Waals surface area contributed by atoms with Gasteiger partial charge in [0.2, 0.25) is 11.8 Å². The molecule has 0 spiro atoms. The molecule has 1 aliphatic heterocycles. The van der Waals surface area contributed by atoms with Crippen molar-refractivity contribution in [3.8, 4) is 0 Å². The van der Waals surface area contributed by atoms with Crippen molar-refractivity contribution >= 4 is 52.0 Å². The molecule has 2 aromatic rings. The first-order valence-corrected chi connectivity index (χ1v) is 9.88. The topological polar surface area (TPSA) is 78.5 Å². The first-order valence-electron chi connectivity index (χ1n) is 8.68. The van der Waals surface area contributed by atoms with E-state index >= 15 is 0 Å². The molecule has 2 heterocycles. The van der Waals surface area contributed by atoms with Crippen LogP contribution in [0, 0.1) is 6.92 Å². The molecule has 3 amide bonds. The number of nitrogens with zero attached hydrogens (tertiary/aromatic N) is 1. The maximum Gasteiger partial charge on any atom is 0.261 e. The Bertz CT molecular complexity index is 881. The van der Waals surface area contributed by atoms with Crippen molar-refractivity contribution in [1.29, 1.82) is 0 Å².